The highest BCUT2D eigenvalue weighted by Crippen LogP contribution is 2.47. The van der Waals surface area contributed by atoms with Crippen LogP contribution >= 0.6 is 11.8 Å². The molecule has 0 amide bonds. The summed E-state index contributed by atoms with van der Waals surface area (Å²) in [5.74, 6) is -0.208. The van der Waals surface area contributed by atoms with E-state index in [1.165, 1.54) is 0 Å². The highest BCUT2D eigenvalue weighted by molar-refractivity contribution is 7.99. The van der Waals surface area contributed by atoms with Crippen LogP contribution in [0.2, 0.25) is 0 Å². The molecule has 0 fully saturated rings. The van der Waals surface area contributed by atoms with Crippen molar-refractivity contribution in [3.05, 3.63) is 89.2 Å². The summed E-state index contributed by atoms with van der Waals surface area (Å²) in [5.41, 5.74) is 3.40. The van der Waals surface area contributed by atoms with Gasteiger partial charge in [0.15, 0.2) is 0 Å². The van der Waals surface area contributed by atoms with Gasteiger partial charge in [-0.3, -0.25) is 4.98 Å². The average molecular weight is 349 g/mol. The lowest BCUT2D eigenvalue weighted by Crippen LogP contribution is -2.02. The topological polar surface area (TPSA) is 59.4 Å². The lowest BCUT2D eigenvalue weighted by molar-refractivity contribution is 0.0696. The second-order valence-corrected chi connectivity index (χ2v) is 6.90. The maximum Gasteiger partial charge on any atom is 0.335 e. The Balaban J connectivity index is 1.87. The molecule has 1 aromatic heterocycles. The van der Waals surface area contributed by atoms with Gasteiger partial charge in [-0.25, -0.2) is 4.79 Å². The maximum atomic E-state index is 11.4. The van der Waals surface area contributed by atoms with E-state index in [9.17, 15) is 9.90 Å². The second kappa shape index (κ2) is 6.61. The molecule has 0 saturated carbocycles. The molecule has 25 heavy (non-hydrogen) atoms. The molecule has 124 valence electrons. The molecular formula is C20H15NO3S. The number of thioether (sulfide) groups is 1. The minimum atomic E-state index is -0.937. The third kappa shape index (κ3) is 3.10. The zero-order valence-corrected chi connectivity index (χ0v) is 14.1. The van der Waals surface area contributed by atoms with Gasteiger partial charge in [0.25, 0.3) is 0 Å². The van der Waals surface area contributed by atoms with E-state index in [2.05, 4.69) is 17.1 Å². The van der Waals surface area contributed by atoms with E-state index >= 15 is 0 Å². The standard InChI is InChI=1S/C20H15NO3S/c22-20(23)13-5-6-18-17(11-13)19(25-15-7-9-21-10-8-15)16-4-2-1-3-14(16)12-24-18/h1-11,19H,12H2,(H,22,23). The highest BCUT2D eigenvalue weighted by atomic mass is 32.2. The zero-order chi connectivity index (χ0) is 17.2. The first-order chi connectivity index (χ1) is 12.2. The van der Waals surface area contributed by atoms with E-state index in [-0.39, 0.29) is 10.8 Å². The third-order valence-corrected chi connectivity index (χ3v) is 5.45. The number of carboxylic acids is 1. The van der Waals surface area contributed by atoms with Gasteiger partial charge in [-0.15, -0.1) is 11.8 Å². The Kier molecular flexibility index (Phi) is 4.15. The molecule has 0 saturated heterocycles. The number of aromatic carboxylic acids is 1. The molecule has 1 aliphatic heterocycles. The van der Waals surface area contributed by atoms with Crippen LogP contribution in [0.25, 0.3) is 0 Å². The fourth-order valence-corrected chi connectivity index (χ4v) is 4.16. The Bertz CT molecular complexity index is 927. The van der Waals surface area contributed by atoms with Gasteiger partial charge in [0.1, 0.15) is 12.4 Å². The molecule has 4 rings (SSSR count). The van der Waals surface area contributed by atoms with Gasteiger partial charge < -0.3 is 9.84 Å². The third-order valence-electron chi connectivity index (χ3n) is 4.16. The van der Waals surface area contributed by atoms with Crippen molar-refractivity contribution in [2.45, 2.75) is 16.8 Å². The predicted molar refractivity (Wildman–Crippen MR) is 96.1 cm³/mol. The van der Waals surface area contributed by atoms with Crippen LogP contribution < -0.4 is 4.74 Å². The van der Waals surface area contributed by atoms with Crippen molar-refractivity contribution in [1.29, 1.82) is 0 Å². The number of fused-ring (bicyclic) bond motifs is 2. The molecule has 2 heterocycles. The van der Waals surface area contributed by atoms with Crippen molar-refractivity contribution in [3.63, 3.8) is 0 Å². The summed E-state index contributed by atoms with van der Waals surface area (Å²) in [6.45, 7) is 0.475. The first-order valence-electron chi connectivity index (χ1n) is 7.87. The highest BCUT2D eigenvalue weighted by Gasteiger charge is 2.26. The minimum absolute atomic E-state index is 0.0459. The summed E-state index contributed by atoms with van der Waals surface area (Å²) >= 11 is 1.67. The lowest BCUT2D eigenvalue weighted by atomic mass is 9.98. The summed E-state index contributed by atoms with van der Waals surface area (Å²) in [5, 5.41) is 9.33. The number of carbonyl (C=O) groups is 1. The SMILES string of the molecule is O=C(O)c1ccc2c(c1)C(Sc1ccncc1)c1ccccc1CO2. The zero-order valence-electron chi connectivity index (χ0n) is 13.3. The van der Waals surface area contributed by atoms with Gasteiger partial charge in [0.05, 0.1) is 10.8 Å². The van der Waals surface area contributed by atoms with Crippen LogP contribution in [0.4, 0.5) is 0 Å². The van der Waals surface area contributed by atoms with Gasteiger partial charge in [-0.05, 0) is 41.5 Å². The number of nitrogens with zero attached hydrogens (tertiary/aromatic N) is 1. The number of aromatic nitrogens is 1. The summed E-state index contributed by atoms with van der Waals surface area (Å²) < 4.78 is 5.96. The van der Waals surface area contributed by atoms with Crippen LogP contribution in [0.1, 0.15) is 32.3 Å². The van der Waals surface area contributed by atoms with Crippen molar-refractivity contribution in [1.82, 2.24) is 4.98 Å². The van der Waals surface area contributed by atoms with Gasteiger partial charge in [0, 0.05) is 22.9 Å². The maximum absolute atomic E-state index is 11.4. The molecular weight excluding hydrogens is 334 g/mol. The summed E-state index contributed by atoms with van der Waals surface area (Å²) in [4.78, 5) is 16.6. The number of pyridine rings is 1. The number of carboxylic acid groups (broad SMARTS) is 1. The first kappa shape index (κ1) is 15.7. The van der Waals surface area contributed by atoms with E-state index < -0.39 is 5.97 Å². The monoisotopic (exact) mass is 349 g/mol. The Morgan fingerprint density at radius 3 is 2.68 bits per heavy atom. The number of benzene rings is 2. The summed E-state index contributed by atoms with van der Waals surface area (Å²) in [6.07, 6.45) is 3.52. The first-order valence-corrected chi connectivity index (χ1v) is 8.75. The fraction of sp³-hybridized carbons (Fsp3) is 0.100. The molecule has 0 aliphatic carbocycles. The smallest absolute Gasteiger partial charge is 0.335 e. The quantitative estimate of drug-likeness (QED) is 0.751. The fourth-order valence-electron chi connectivity index (χ4n) is 2.94. The average Bonchev–Trinajstić information content (AvgIpc) is 2.80. The number of hydrogen-bond acceptors (Lipinski definition) is 4. The van der Waals surface area contributed by atoms with E-state index in [0.29, 0.717) is 6.61 Å². The van der Waals surface area contributed by atoms with Crippen LogP contribution in [0.3, 0.4) is 0 Å². The van der Waals surface area contributed by atoms with Crippen LogP contribution in [0.15, 0.2) is 71.9 Å². The van der Waals surface area contributed by atoms with Crippen molar-refractivity contribution in [2.75, 3.05) is 0 Å². The largest absolute Gasteiger partial charge is 0.489 e. The normalized spacial score (nSPS) is 15.4. The minimum Gasteiger partial charge on any atom is -0.489 e. The molecule has 0 radical (unpaired) electrons. The molecule has 0 bridgehead atoms. The molecule has 5 heteroatoms. The van der Waals surface area contributed by atoms with Gasteiger partial charge in [-0.1, -0.05) is 24.3 Å². The summed E-state index contributed by atoms with van der Waals surface area (Å²) in [6, 6.07) is 17.1. The second-order valence-electron chi connectivity index (χ2n) is 5.73. The van der Waals surface area contributed by atoms with Gasteiger partial charge >= 0.3 is 5.97 Å². The Labute approximate surface area is 149 Å². The Hall–Kier alpha value is -2.79. The van der Waals surface area contributed by atoms with Gasteiger partial charge in [-0.2, -0.15) is 0 Å². The van der Waals surface area contributed by atoms with Crippen LogP contribution in [0, 0.1) is 0 Å². The lowest BCUT2D eigenvalue weighted by Gasteiger charge is -2.19. The summed E-state index contributed by atoms with van der Waals surface area (Å²) in [7, 11) is 0. The van der Waals surface area contributed by atoms with Crippen LogP contribution in [-0.2, 0) is 6.61 Å². The van der Waals surface area contributed by atoms with Crippen LogP contribution in [0.5, 0.6) is 5.75 Å². The molecule has 2 aromatic carbocycles. The molecule has 1 aliphatic rings. The van der Waals surface area contributed by atoms with Crippen LogP contribution in [-0.4, -0.2) is 16.1 Å². The van der Waals surface area contributed by atoms with E-state index in [1.807, 2.05) is 24.3 Å². The predicted octanol–water partition coefficient (Wildman–Crippen LogP) is 4.55. The van der Waals surface area contributed by atoms with Crippen molar-refractivity contribution < 1.29 is 14.6 Å². The van der Waals surface area contributed by atoms with E-state index in [4.69, 9.17) is 4.74 Å². The molecule has 0 spiro atoms. The molecule has 3 aromatic rings. The number of rotatable bonds is 3. The molecule has 1 atom stereocenters. The Morgan fingerprint density at radius 2 is 1.88 bits per heavy atom. The van der Waals surface area contributed by atoms with Crippen molar-refractivity contribution in [3.8, 4) is 5.75 Å². The molecule has 1 unspecified atom stereocenters. The number of ether oxygens (including phenoxy) is 1. The number of hydrogen-bond donors (Lipinski definition) is 1. The van der Waals surface area contributed by atoms with E-state index in [1.54, 1.807) is 42.4 Å². The molecule has 4 nitrogen and oxygen atoms in total. The van der Waals surface area contributed by atoms with Crippen molar-refractivity contribution >= 4 is 17.7 Å². The Morgan fingerprint density at radius 1 is 1.08 bits per heavy atom. The van der Waals surface area contributed by atoms with Crippen molar-refractivity contribution in [2.24, 2.45) is 0 Å². The molecule has 1 N–H and O–H groups in total. The van der Waals surface area contributed by atoms with Gasteiger partial charge in [0.2, 0.25) is 0 Å². The van der Waals surface area contributed by atoms with E-state index in [0.717, 1.165) is 27.3 Å².